The summed E-state index contributed by atoms with van der Waals surface area (Å²) < 4.78 is 0. The lowest BCUT2D eigenvalue weighted by atomic mass is 9.92. The minimum Gasteiger partial charge on any atom is -0.477 e. The van der Waals surface area contributed by atoms with Crippen LogP contribution in [0, 0.1) is 5.92 Å². The van der Waals surface area contributed by atoms with Gasteiger partial charge in [0.15, 0.2) is 0 Å². The van der Waals surface area contributed by atoms with Crippen LogP contribution in [0.5, 0.6) is 0 Å². The first kappa shape index (κ1) is 12.8. The Balaban J connectivity index is 2.05. The third kappa shape index (κ3) is 2.79. The summed E-state index contributed by atoms with van der Waals surface area (Å²) in [6.07, 6.45) is 3.13. The number of aliphatic hydroxyl groups excluding tert-OH is 1. The zero-order valence-electron chi connectivity index (χ0n) is 10.4. The Labute approximate surface area is 106 Å². The van der Waals surface area contributed by atoms with E-state index >= 15 is 0 Å². The van der Waals surface area contributed by atoms with E-state index in [-0.39, 0.29) is 11.8 Å². The monoisotopic (exact) mass is 250 g/mol. The van der Waals surface area contributed by atoms with Crippen LogP contribution in [-0.2, 0) is 0 Å². The molecule has 1 aliphatic heterocycles. The molecule has 0 aromatic carbocycles. The van der Waals surface area contributed by atoms with Crippen LogP contribution in [0.2, 0.25) is 0 Å². The number of nitrogens with zero attached hydrogens (tertiary/aromatic N) is 2. The largest absolute Gasteiger partial charge is 0.477 e. The van der Waals surface area contributed by atoms with Crippen LogP contribution in [0.3, 0.4) is 0 Å². The summed E-state index contributed by atoms with van der Waals surface area (Å²) in [5.41, 5.74) is 0.969. The molecule has 1 unspecified atom stereocenters. The Morgan fingerprint density at radius 3 is 2.72 bits per heavy atom. The van der Waals surface area contributed by atoms with Gasteiger partial charge in [0.2, 0.25) is 0 Å². The molecule has 0 saturated carbocycles. The number of aliphatic hydroxyl groups is 1. The fraction of sp³-hybridized carbons (Fsp3) is 0.538. The van der Waals surface area contributed by atoms with Gasteiger partial charge in [0, 0.05) is 25.0 Å². The van der Waals surface area contributed by atoms with Gasteiger partial charge >= 0.3 is 5.97 Å². The van der Waals surface area contributed by atoms with E-state index < -0.39 is 5.97 Å². The number of carboxylic acid groups (broad SMARTS) is 1. The van der Waals surface area contributed by atoms with E-state index in [0.717, 1.165) is 31.6 Å². The molecule has 0 aliphatic carbocycles. The molecule has 0 amide bonds. The van der Waals surface area contributed by atoms with Gasteiger partial charge in [-0.3, -0.25) is 0 Å². The SMILES string of the molecule is CC(O)C1CCN(c2ccnc(C(=O)O)c2)CC1. The molecule has 18 heavy (non-hydrogen) atoms. The Morgan fingerprint density at radius 1 is 1.50 bits per heavy atom. The highest BCUT2D eigenvalue weighted by molar-refractivity contribution is 5.86. The van der Waals surface area contributed by atoms with E-state index in [4.69, 9.17) is 5.11 Å². The number of rotatable bonds is 3. The van der Waals surface area contributed by atoms with Crippen molar-refractivity contribution in [3.63, 3.8) is 0 Å². The normalized spacial score (nSPS) is 18.7. The van der Waals surface area contributed by atoms with Crippen molar-refractivity contribution in [3.05, 3.63) is 24.0 Å². The third-order valence-corrected chi connectivity index (χ3v) is 3.55. The van der Waals surface area contributed by atoms with E-state index in [1.165, 1.54) is 6.20 Å². The molecule has 0 radical (unpaired) electrons. The van der Waals surface area contributed by atoms with Crippen molar-refractivity contribution in [2.24, 2.45) is 5.92 Å². The average Bonchev–Trinajstić information content (AvgIpc) is 2.39. The fourth-order valence-corrected chi connectivity index (χ4v) is 2.37. The number of aromatic nitrogens is 1. The summed E-state index contributed by atoms with van der Waals surface area (Å²) in [5, 5.41) is 18.5. The van der Waals surface area contributed by atoms with Crippen molar-refractivity contribution in [2.75, 3.05) is 18.0 Å². The predicted octanol–water partition coefficient (Wildman–Crippen LogP) is 1.38. The van der Waals surface area contributed by atoms with Gasteiger partial charge in [0.1, 0.15) is 5.69 Å². The second kappa shape index (κ2) is 5.35. The summed E-state index contributed by atoms with van der Waals surface area (Å²) >= 11 is 0. The van der Waals surface area contributed by atoms with Gasteiger partial charge in [0.05, 0.1) is 6.10 Å². The first-order chi connectivity index (χ1) is 8.58. The number of anilines is 1. The molecule has 1 aromatic heterocycles. The number of hydrogen-bond donors (Lipinski definition) is 2. The maximum absolute atomic E-state index is 10.9. The molecule has 0 spiro atoms. The van der Waals surface area contributed by atoms with Crippen LogP contribution in [0.1, 0.15) is 30.3 Å². The molecule has 1 aliphatic rings. The lowest BCUT2D eigenvalue weighted by molar-refractivity contribution is 0.0690. The van der Waals surface area contributed by atoms with Crippen LogP contribution >= 0.6 is 0 Å². The highest BCUT2D eigenvalue weighted by atomic mass is 16.4. The van der Waals surface area contributed by atoms with Crippen LogP contribution < -0.4 is 4.90 Å². The van der Waals surface area contributed by atoms with Gasteiger partial charge in [-0.25, -0.2) is 9.78 Å². The highest BCUT2D eigenvalue weighted by Crippen LogP contribution is 2.25. The van der Waals surface area contributed by atoms with E-state index in [1.807, 2.05) is 13.0 Å². The van der Waals surface area contributed by atoms with Gasteiger partial charge < -0.3 is 15.1 Å². The number of aromatic carboxylic acids is 1. The van der Waals surface area contributed by atoms with E-state index in [1.54, 1.807) is 6.07 Å². The number of pyridine rings is 1. The van der Waals surface area contributed by atoms with Gasteiger partial charge in [0.25, 0.3) is 0 Å². The molecule has 1 atom stereocenters. The lowest BCUT2D eigenvalue weighted by Gasteiger charge is -2.34. The Morgan fingerprint density at radius 2 is 2.17 bits per heavy atom. The number of carbonyl (C=O) groups is 1. The lowest BCUT2D eigenvalue weighted by Crippen LogP contribution is -2.37. The second-order valence-corrected chi connectivity index (χ2v) is 4.77. The van der Waals surface area contributed by atoms with Gasteiger partial charge in [-0.2, -0.15) is 0 Å². The fourth-order valence-electron chi connectivity index (χ4n) is 2.37. The Hall–Kier alpha value is -1.62. The number of hydrogen-bond acceptors (Lipinski definition) is 4. The summed E-state index contributed by atoms with van der Waals surface area (Å²) in [6.45, 7) is 3.52. The van der Waals surface area contributed by atoms with Crippen LogP contribution in [-0.4, -0.2) is 40.4 Å². The summed E-state index contributed by atoms with van der Waals surface area (Å²) in [4.78, 5) is 16.8. The van der Waals surface area contributed by atoms with Gasteiger partial charge in [-0.05, 0) is 37.8 Å². The maximum Gasteiger partial charge on any atom is 0.354 e. The standard InChI is InChI=1S/C13H18N2O3/c1-9(16)10-3-6-15(7-4-10)11-2-5-14-12(8-11)13(17)18/h2,5,8-10,16H,3-4,6-7H2,1H3,(H,17,18). The Bertz CT molecular complexity index is 426. The minimum absolute atomic E-state index is 0.0742. The molecule has 2 N–H and O–H groups in total. The predicted molar refractivity (Wildman–Crippen MR) is 67.8 cm³/mol. The summed E-state index contributed by atoms with van der Waals surface area (Å²) in [5.74, 6) is -0.655. The van der Waals surface area contributed by atoms with Crippen LogP contribution in [0.4, 0.5) is 5.69 Å². The first-order valence-corrected chi connectivity index (χ1v) is 6.20. The molecule has 5 heteroatoms. The molecule has 1 aromatic rings. The molecule has 0 bridgehead atoms. The summed E-state index contributed by atoms with van der Waals surface area (Å²) in [6, 6.07) is 3.43. The second-order valence-electron chi connectivity index (χ2n) is 4.77. The van der Waals surface area contributed by atoms with E-state index in [0.29, 0.717) is 5.92 Å². The number of piperidine rings is 1. The Kier molecular flexibility index (Phi) is 3.81. The molecular weight excluding hydrogens is 232 g/mol. The highest BCUT2D eigenvalue weighted by Gasteiger charge is 2.23. The quantitative estimate of drug-likeness (QED) is 0.847. The smallest absolute Gasteiger partial charge is 0.354 e. The first-order valence-electron chi connectivity index (χ1n) is 6.20. The van der Waals surface area contributed by atoms with Crippen LogP contribution in [0.15, 0.2) is 18.3 Å². The zero-order chi connectivity index (χ0) is 13.1. The van der Waals surface area contributed by atoms with Crippen molar-refractivity contribution in [1.82, 2.24) is 4.98 Å². The zero-order valence-corrected chi connectivity index (χ0v) is 10.4. The van der Waals surface area contributed by atoms with E-state index in [9.17, 15) is 9.90 Å². The summed E-state index contributed by atoms with van der Waals surface area (Å²) in [7, 11) is 0. The molecule has 5 nitrogen and oxygen atoms in total. The molecule has 2 rings (SSSR count). The van der Waals surface area contributed by atoms with Crippen LogP contribution in [0.25, 0.3) is 0 Å². The maximum atomic E-state index is 10.9. The number of carboxylic acids is 1. The average molecular weight is 250 g/mol. The van der Waals surface area contributed by atoms with Crippen molar-refractivity contribution >= 4 is 11.7 Å². The van der Waals surface area contributed by atoms with Crippen molar-refractivity contribution in [2.45, 2.75) is 25.9 Å². The van der Waals surface area contributed by atoms with Crippen molar-refractivity contribution in [3.8, 4) is 0 Å². The van der Waals surface area contributed by atoms with Crippen molar-refractivity contribution in [1.29, 1.82) is 0 Å². The molecule has 1 saturated heterocycles. The molecular formula is C13H18N2O3. The third-order valence-electron chi connectivity index (χ3n) is 3.55. The molecule has 98 valence electrons. The topological polar surface area (TPSA) is 73.7 Å². The molecule has 2 heterocycles. The van der Waals surface area contributed by atoms with Crippen molar-refractivity contribution < 1.29 is 15.0 Å². The van der Waals surface area contributed by atoms with E-state index in [2.05, 4.69) is 9.88 Å². The molecule has 1 fully saturated rings. The van der Waals surface area contributed by atoms with Gasteiger partial charge in [-0.15, -0.1) is 0 Å². The van der Waals surface area contributed by atoms with Gasteiger partial charge in [-0.1, -0.05) is 0 Å². The minimum atomic E-state index is -1.00.